The molecule has 0 aromatic carbocycles. The molecule has 1 fully saturated rings. The Hall–Kier alpha value is -0.830. The van der Waals surface area contributed by atoms with E-state index in [0.717, 1.165) is 12.8 Å². The number of esters is 1. The molecule has 0 unspecified atom stereocenters. The van der Waals surface area contributed by atoms with E-state index in [1.165, 1.54) is 0 Å². The van der Waals surface area contributed by atoms with E-state index in [9.17, 15) is 4.79 Å². The molecule has 0 spiro atoms. The zero-order valence-corrected chi connectivity index (χ0v) is 11.7. The zero-order chi connectivity index (χ0) is 13.1. The van der Waals surface area contributed by atoms with E-state index in [-0.39, 0.29) is 17.0 Å². The Morgan fingerprint density at radius 1 is 1.29 bits per heavy atom. The van der Waals surface area contributed by atoms with Gasteiger partial charge in [0.15, 0.2) is 0 Å². The molecule has 1 N–H and O–H groups in total. The van der Waals surface area contributed by atoms with Gasteiger partial charge in [0.2, 0.25) is 0 Å². The summed E-state index contributed by atoms with van der Waals surface area (Å²) in [4.78, 5) is 11.3. The van der Waals surface area contributed by atoms with Gasteiger partial charge in [0, 0.05) is 17.2 Å². The van der Waals surface area contributed by atoms with Crippen LogP contribution >= 0.6 is 0 Å². The second kappa shape index (κ2) is 5.21. The van der Waals surface area contributed by atoms with Crippen molar-refractivity contribution in [2.45, 2.75) is 58.5 Å². The molecular weight excluding hydrogens is 214 g/mol. The molecule has 1 aliphatic heterocycles. The number of hydrogen-bond donors (Lipinski definition) is 1. The Morgan fingerprint density at radius 2 is 1.82 bits per heavy atom. The molecule has 0 amide bonds. The first kappa shape index (κ1) is 14.2. The standard InChI is InChI=1S/C14H25NO2/c1-6-17-12(16)8-7-11-9-13(2,3)15-14(4,5)10-11/h7-8,11,15H,6,9-10H2,1-5H3. The molecule has 17 heavy (non-hydrogen) atoms. The molecule has 0 aromatic rings. The van der Waals surface area contributed by atoms with Crippen molar-refractivity contribution in [1.82, 2.24) is 5.32 Å². The molecule has 3 nitrogen and oxygen atoms in total. The Morgan fingerprint density at radius 3 is 2.29 bits per heavy atom. The first-order valence-corrected chi connectivity index (χ1v) is 6.38. The third-order valence-corrected chi connectivity index (χ3v) is 3.01. The highest BCUT2D eigenvalue weighted by atomic mass is 16.5. The van der Waals surface area contributed by atoms with Crippen LogP contribution in [-0.4, -0.2) is 23.7 Å². The van der Waals surface area contributed by atoms with E-state index in [4.69, 9.17) is 4.74 Å². The Bertz CT molecular complexity index is 289. The third kappa shape index (κ3) is 4.90. The molecule has 1 heterocycles. The minimum absolute atomic E-state index is 0.116. The molecule has 0 aliphatic carbocycles. The van der Waals surface area contributed by atoms with Gasteiger partial charge in [0.1, 0.15) is 0 Å². The number of allylic oxidation sites excluding steroid dienone is 1. The highest BCUT2D eigenvalue weighted by molar-refractivity contribution is 5.81. The van der Waals surface area contributed by atoms with Crippen molar-refractivity contribution < 1.29 is 9.53 Å². The maximum Gasteiger partial charge on any atom is 0.330 e. The van der Waals surface area contributed by atoms with Crippen molar-refractivity contribution in [3.05, 3.63) is 12.2 Å². The van der Waals surface area contributed by atoms with Gasteiger partial charge in [-0.15, -0.1) is 0 Å². The Kier molecular flexibility index (Phi) is 4.36. The fourth-order valence-electron chi connectivity index (χ4n) is 2.94. The van der Waals surface area contributed by atoms with Crippen LogP contribution < -0.4 is 5.32 Å². The number of ether oxygens (including phenoxy) is 1. The van der Waals surface area contributed by atoms with E-state index in [1.54, 1.807) is 6.08 Å². The number of carbonyl (C=O) groups excluding carboxylic acids is 1. The normalized spacial score (nSPS) is 23.8. The van der Waals surface area contributed by atoms with Crippen LogP contribution in [0.15, 0.2) is 12.2 Å². The summed E-state index contributed by atoms with van der Waals surface area (Å²) in [6.07, 6.45) is 5.67. The molecule has 98 valence electrons. The van der Waals surface area contributed by atoms with Gasteiger partial charge in [-0.25, -0.2) is 4.79 Å². The predicted octanol–water partition coefficient (Wildman–Crippen LogP) is 2.66. The lowest BCUT2D eigenvalue weighted by Gasteiger charge is -2.45. The van der Waals surface area contributed by atoms with Crippen LogP contribution in [0.3, 0.4) is 0 Å². The summed E-state index contributed by atoms with van der Waals surface area (Å²) in [5.74, 6) is 0.201. The van der Waals surface area contributed by atoms with Crippen LogP contribution in [0.1, 0.15) is 47.5 Å². The van der Waals surface area contributed by atoms with E-state index in [1.807, 2.05) is 13.0 Å². The second-order valence-corrected chi connectivity index (χ2v) is 6.17. The van der Waals surface area contributed by atoms with Gasteiger partial charge in [0.05, 0.1) is 6.61 Å². The van der Waals surface area contributed by atoms with Crippen molar-refractivity contribution in [2.75, 3.05) is 6.61 Å². The van der Waals surface area contributed by atoms with Gasteiger partial charge >= 0.3 is 5.97 Å². The van der Waals surface area contributed by atoms with Crippen LogP contribution in [0, 0.1) is 5.92 Å². The van der Waals surface area contributed by atoms with E-state index in [0.29, 0.717) is 12.5 Å². The number of piperidine rings is 1. The maximum atomic E-state index is 11.3. The Labute approximate surface area is 105 Å². The fraction of sp³-hybridized carbons (Fsp3) is 0.786. The van der Waals surface area contributed by atoms with Crippen LogP contribution in [0.25, 0.3) is 0 Å². The summed E-state index contributed by atoms with van der Waals surface area (Å²) in [5.41, 5.74) is 0.233. The topological polar surface area (TPSA) is 38.3 Å². The van der Waals surface area contributed by atoms with Gasteiger partial charge in [-0.05, 0) is 53.4 Å². The largest absolute Gasteiger partial charge is 0.463 e. The van der Waals surface area contributed by atoms with Crippen molar-refractivity contribution in [3.8, 4) is 0 Å². The van der Waals surface area contributed by atoms with Crippen LogP contribution in [0.2, 0.25) is 0 Å². The maximum absolute atomic E-state index is 11.3. The van der Waals surface area contributed by atoms with E-state index < -0.39 is 0 Å². The highest BCUT2D eigenvalue weighted by Gasteiger charge is 2.36. The quantitative estimate of drug-likeness (QED) is 0.608. The lowest BCUT2D eigenvalue weighted by Crippen LogP contribution is -2.57. The fourth-order valence-corrected chi connectivity index (χ4v) is 2.94. The lowest BCUT2D eigenvalue weighted by atomic mass is 9.76. The molecule has 0 radical (unpaired) electrons. The number of nitrogens with one attached hydrogen (secondary N) is 1. The molecular formula is C14H25NO2. The smallest absolute Gasteiger partial charge is 0.330 e. The molecule has 1 saturated heterocycles. The van der Waals surface area contributed by atoms with Crippen molar-refractivity contribution in [3.63, 3.8) is 0 Å². The molecule has 0 bridgehead atoms. The van der Waals surface area contributed by atoms with Gasteiger partial charge in [-0.2, -0.15) is 0 Å². The molecule has 1 aliphatic rings. The first-order chi connectivity index (χ1) is 7.74. The van der Waals surface area contributed by atoms with Crippen molar-refractivity contribution in [2.24, 2.45) is 5.92 Å². The minimum Gasteiger partial charge on any atom is -0.463 e. The van der Waals surface area contributed by atoms with Crippen molar-refractivity contribution >= 4 is 5.97 Å². The summed E-state index contributed by atoms with van der Waals surface area (Å²) in [6.45, 7) is 11.1. The zero-order valence-electron chi connectivity index (χ0n) is 11.7. The number of rotatable bonds is 3. The molecule has 0 aromatic heterocycles. The summed E-state index contributed by atoms with van der Waals surface area (Å²) in [6, 6.07) is 0. The monoisotopic (exact) mass is 239 g/mol. The SMILES string of the molecule is CCOC(=O)C=CC1CC(C)(C)NC(C)(C)C1. The molecule has 3 heteroatoms. The number of carbonyl (C=O) groups is 1. The summed E-state index contributed by atoms with van der Waals surface area (Å²) < 4.78 is 4.90. The third-order valence-electron chi connectivity index (χ3n) is 3.01. The lowest BCUT2D eigenvalue weighted by molar-refractivity contribution is -0.137. The minimum atomic E-state index is -0.235. The highest BCUT2D eigenvalue weighted by Crippen LogP contribution is 2.33. The first-order valence-electron chi connectivity index (χ1n) is 6.38. The van der Waals surface area contributed by atoms with E-state index in [2.05, 4.69) is 33.0 Å². The molecule has 0 atom stereocenters. The van der Waals surface area contributed by atoms with Gasteiger partial charge in [-0.1, -0.05) is 6.08 Å². The predicted molar refractivity (Wildman–Crippen MR) is 69.8 cm³/mol. The van der Waals surface area contributed by atoms with Gasteiger partial charge < -0.3 is 10.1 Å². The average Bonchev–Trinajstić information content (AvgIpc) is 2.10. The van der Waals surface area contributed by atoms with Crippen LogP contribution in [-0.2, 0) is 9.53 Å². The number of hydrogen-bond acceptors (Lipinski definition) is 3. The second-order valence-electron chi connectivity index (χ2n) is 6.17. The van der Waals surface area contributed by atoms with E-state index >= 15 is 0 Å². The van der Waals surface area contributed by atoms with Crippen molar-refractivity contribution in [1.29, 1.82) is 0 Å². The Balaban J connectivity index is 2.62. The summed E-state index contributed by atoms with van der Waals surface area (Å²) in [7, 11) is 0. The molecule has 0 saturated carbocycles. The summed E-state index contributed by atoms with van der Waals surface area (Å²) in [5, 5.41) is 3.62. The van der Waals surface area contributed by atoms with Gasteiger partial charge in [0.25, 0.3) is 0 Å². The summed E-state index contributed by atoms with van der Waals surface area (Å²) >= 11 is 0. The van der Waals surface area contributed by atoms with Gasteiger partial charge in [-0.3, -0.25) is 0 Å². The molecule has 1 rings (SSSR count). The average molecular weight is 239 g/mol. The van der Waals surface area contributed by atoms with Crippen LogP contribution in [0.5, 0.6) is 0 Å². The van der Waals surface area contributed by atoms with Crippen LogP contribution in [0.4, 0.5) is 0 Å².